The predicted molar refractivity (Wildman–Crippen MR) is 58.1 cm³/mol. The summed E-state index contributed by atoms with van der Waals surface area (Å²) >= 11 is 7.05. The monoisotopic (exact) mass is 215 g/mol. The Kier molecular flexibility index (Phi) is 4.05. The van der Waals surface area contributed by atoms with E-state index in [9.17, 15) is 0 Å². The molecule has 1 aromatic rings. The SMILES string of the molecule is CSC(N)=NCc1ccc(Cl)nc1. The number of hydrogen-bond acceptors (Lipinski definition) is 3. The van der Waals surface area contributed by atoms with Crippen LogP contribution >= 0.6 is 23.4 Å². The predicted octanol–water partition coefficient (Wildman–Crippen LogP) is 1.91. The molecule has 0 bridgehead atoms. The van der Waals surface area contributed by atoms with Gasteiger partial charge in [0, 0.05) is 6.20 Å². The Hall–Kier alpha value is -0.740. The van der Waals surface area contributed by atoms with Gasteiger partial charge in [0.1, 0.15) is 5.15 Å². The zero-order valence-electron chi connectivity index (χ0n) is 7.20. The summed E-state index contributed by atoms with van der Waals surface area (Å²) in [4.78, 5) is 8.05. The van der Waals surface area contributed by atoms with E-state index in [1.807, 2.05) is 12.3 Å². The van der Waals surface area contributed by atoms with E-state index < -0.39 is 0 Å². The van der Waals surface area contributed by atoms with Gasteiger partial charge in [-0.1, -0.05) is 29.4 Å². The van der Waals surface area contributed by atoms with Crippen LogP contribution in [0.4, 0.5) is 0 Å². The van der Waals surface area contributed by atoms with Crippen molar-refractivity contribution in [3.8, 4) is 0 Å². The molecule has 0 fully saturated rings. The van der Waals surface area contributed by atoms with Crippen LogP contribution in [0.15, 0.2) is 23.3 Å². The van der Waals surface area contributed by atoms with Gasteiger partial charge < -0.3 is 5.73 Å². The highest BCUT2D eigenvalue weighted by Crippen LogP contribution is 2.06. The average molecular weight is 216 g/mol. The molecule has 0 aromatic carbocycles. The molecular formula is C8H10ClN3S. The standard InChI is InChI=1S/C8H10ClN3S/c1-13-8(10)12-5-6-2-3-7(9)11-4-6/h2-4H,5H2,1H3,(H2,10,12). The lowest BCUT2D eigenvalue weighted by molar-refractivity contribution is 1.05. The largest absolute Gasteiger partial charge is 0.379 e. The molecule has 0 amide bonds. The third-order valence-electron chi connectivity index (χ3n) is 1.42. The molecule has 0 aliphatic carbocycles. The quantitative estimate of drug-likeness (QED) is 0.466. The van der Waals surface area contributed by atoms with Crippen molar-refractivity contribution in [2.24, 2.45) is 10.7 Å². The first-order valence-corrected chi connectivity index (χ1v) is 5.27. The maximum absolute atomic E-state index is 5.63. The summed E-state index contributed by atoms with van der Waals surface area (Å²) in [5.41, 5.74) is 6.52. The van der Waals surface area contributed by atoms with E-state index in [2.05, 4.69) is 9.98 Å². The van der Waals surface area contributed by atoms with Crippen LogP contribution in [0.3, 0.4) is 0 Å². The van der Waals surface area contributed by atoms with Crippen LogP contribution in [-0.4, -0.2) is 16.4 Å². The maximum Gasteiger partial charge on any atom is 0.153 e. The summed E-state index contributed by atoms with van der Waals surface area (Å²) in [6.07, 6.45) is 3.58. The lowest BCUT2D eigenvalue weighted by Gasteiger charge is -1.97. The topological polar surface area (TPSA) is 51.3 Å². The van der Waals surface area contributed by atoms with Crippen LogP contribution in [0.1, 0.15) is 5.56 Å². The minimum Gasteiger partial charge on any atom is -0.379 e. The van der Waals surface area contributed by atoms with E-state index in [1.165, 1.54) is 11.8 Å². The van der Waals surface area contributed by atoms with E-state index in [0.717, 1.165) is 5.56 Å². The fourth-order valence-corrected chi connectivity index (χ4v) is 1.04. The van der Waals surface area contributed by atoms with Crippen molar-refractivity contribution in [3.63, 3.8) is 0 Å². The van der Waals surface area contributed by atoms with E-state index in [1.54, 1.807) is 12.3 Å². The van der Waals surface area contributed by atoms with Crippen molar-refractivity contribution in [2.45, 2.75) is 6.54 Å². The summed E-state index contributed by atoms with van der Waals surface area (Å²) in [6, 6.07) is 3.62. The van der Waals surface area contributed by atoms with E-state index in [0.29, 0.717) is 16.9 Å². The molecule has 0 saturated carbocycles. The van der Waals surface area contributed by atoms with E-state index in [-0.39, 0.29) is 0 Å². The first-order chi connectivity index (χ1) is 6.22. The van der Waals surface area contributed by atoms with Crippen molar-refractivity contribution >= 4 is 28.5 Å². The normalized spacial score (nSPS) is 11.7. The Balaban J connectivity index is 2.60. The number of nitrogens with two attached hydrogens (primary N) is 1. The summed E-state index contributed by atoms with van der Waals surface area (Å²) < 4.78 is 0. The van der Waals surface area contributed by atoms with Crippen molar-refractivity contribution in [1.82, 2.24) is 4.98 Å². The summed E-state index contributed by atoms with van der Waals surface area (Å²) in [5, 5.41) is 1.07. The summed E-state index contributed by atoms with van der Waals surface area (Å²) in [7, 11) is 0. The zero-order valence-corrected chi connectivity index (χ0v) is 8.77. The molecular weight excluding hydrogens is 206 g/mol. The van der Waals surface area contributed by atoms with Gasteiger partial charge in [-0.2, -0.15) is 0 Å². The van der Waals surface area contributed by atoms with Crippen molar-refractivity contribution < 1.29 is 0 Å². The van der Waals surface area contributed by atoms with Gasteiger partial charge in [0.15, 0.2) is 5.17 Å². The molecule has 1 aromatic heterocycles. The molecule has 1 rings (SSSR count). The minimum absolute atomic E-state index is 0.491. The highest BCUT2D eigenvalue weighted by Gasteiger charge is 1.93. The number of aromatic nitrogens is 1. The number of aliphatic imine (C=N–C) groups is 1. The minimum atomic E-state index is 0.491. The zero-order chi connectivity index (χ0) is 9.68. The van der Waals surface area contributed by atoms with Crippen LogP contribution in [0.5, 0.6) is 0 Å². The number of pyridine rings is 1. The second kappa shape index (κ2) is 5.09. The lowest BCUT2D eigenvalue weighted by Crippen LogP contribution is -2.05. The molecule has 3 nitrogen and oxygen atoms in total. The number of hydrogen-bond donors (Lipinski definition) is 1. The van der Waals surface area contributed by atoms with Gasteiger partial charge in [0.25, 0.3) is 0 Å². The molecule has 70 valence electrons. The Labute approximate surface area is 86.4 Å². The van der Waals surface area contributed by atoms with Gasteiger partial charge >= 0.3 is 0 Å². The van der Waals surface area contributed by atoms with Gasteiger partial charge in [0.05, 0.1) is 6.54 Å². The Morgan fingerprint density at radius 1 is 1.69 bits per heavy atom. The fraction of sp³-hybridized carbons (Fsp3) is 0.250. The molecule has 1 heterocycles. The fourth-order valence-electron chi connectivity index (χ4n) is 0.734. The van der Waals surface area contributed by atoms with E-state index >= 15 is 0 Å². The molecule has 2 N–H and O–H groups in total. The number of amidine groups is 1. The average Bonchev–Trinajstić information content (AvgIpc) is 2.16. The van der Waals surface area contributed by atoms with E-state index in [4.69, 9.17) is 17.3 Å². The highest BCUT2D eigenvalue weighted by molar-refractivity contribution is 8.13. The second-order valence-electron chi connectivity index (χ2n) is 2.35. The maximum atomic E-state index is 5.63. The molecule has 13 heavy (non-hydrogen) atoms. The molecule has 0 radical (unpaired) electrons. The number of nitrogens with zero attached hydrogens (tertiary/aromatic N) is 2. The molecule has 5 heteroatoms. The first kappa shape index (κ1) is 10.3. The lowest BCUT2D eigenvalue weighted by atomic mass is 10.3. The number of rotatable bonds is 2. The molecule has 0 aliphatic rings. The van der Waals surface area contributed by atoms with Crippen LogP contribution in [0.25, 0.3) is 0 Å². The molecule has 0 spiro atoms. The van der Waals surface area contributed by atoms with Crippen molar-refractivity contribution in [2.75, 3.05) is 6.26 Å². The van der Waals surface area contributed by atoms with Crippen LogP contribution in [0.2, 0.25) is 5.15 Å². The molecule has 0 saturated heterocycles. The third-order valence-corrected chi connectivity index (χ3v) is 2.19. The number of halogens is 1. The summed E-state index contributed by atoms with van der Waals surface area (Å²) in [6.45, 7) is 0.552. The van der Waals surface area contributed by atoms with Crippen LogP contribution in [0, 0.1) is 0 Å². The molecule has 0 atom stereocenters. The Bertz CT molecular complexity index is 297. The molecule has 0 aliphatic heterocycles. The third kappa shape index (κ3) is 3.65. The number of thioether (sulfide) groups is 1. The van der Waals surface area contributed by atoms with Gasteiger partial charge in [0.2, 0.25) is 0 Å². The van der Waals surface area contributed by atoms with Gasteiger partial charge in [-0.15, -0.1) is 0 Å². The van der Waals surface area contributed by atoms with Crippen LogP contribution in [-0.2, 0) is 6.54 Å². The smallest absolute Gasteiger partial charge is 0.153 e. The highest BCUT2D eigenvalue weighted by atomic mass is 35.5. The Morgan fingerprint density at radius 2 is 2.46 bits per heavy atom. The van der Waals surface area contributed by atoms with Gasteiger partial charge in [-0.25, -0.2) is 4.98 Å². The van der Waals surface area contributed by atoms with Crippen molar-refractivity contribution in [1.29, 1.82) is 0 Å². The second-order valence-corrected chi connectivity index (χ2v) is 3.56. The first-order valence-electron chi connectivity index (χ1n) is 3.66. The summed E-state index contributed by atoms with van der Waals surface area (Å²) in [5.74, 6) is 0. The van der Waals surface area contributed by atoms with Gasteiger partial charge in [-0.3, -0.25) is 4.99 Å². The van der Waals surface area contributed by atoms with Crippen molar-refractivity contribution in [3.05, 3.63) is 29.0 Å². The van der Waals surface area contributed by atoms with Gasteiger partial charge in [-0.05, 0) is 17.9 Å². The molecule has 0 unspecified atom stereocenters. The Morgan fingerprint density at radius 3 is 3.00 bits per heavy atom. The van der Waals surface area contributed by atoms with Crippen LogP contribution < -0.4 is 5.73 Å².